The van der Waals surface area contributed by atoms with Gasteiger partial charge in [0.2, 0.25) is 0 Å². The Morgan fingerprint density at radius 3 is 2.84 bits per heavy atom. The molecule has 0 aliphatic carbocycles. The monoisotopic (exact) mass is 273 g/mol. The lowest BCUT2D eigenvalue weighted by Crippen LogP contribution is -1.94. The first-order chi connectivity index (χ1) is 9.10. The Hall–Kier alpha value is -2.59. The third kappa shape index (κ3) is 3.00. The minimum Gasteiger partial charge on any atom is -0.508 e. The van der Waals surface area contributed by atoms with E-state index in [1.54, 1.807) is 18.2 Å². The van der Waals surface area contributed by atoms with Crippen LogP contribution in [0.15, 0.2) is 46.5 Å². The molecule has 0 atom stereocenters. The molecule has 0 unspecified atom stereocenters. The second kappa shape index (κ2) is 5.37. The lowest BCUT2D eigenvalue weighted by atomic mass is 10.3. The Morgan fingerprint density at radius 1 is 1.42 bits per heavy atom. The van der Waals surface area contributed by atoms with E-state index in [0.29, 0.717) is 4.90 Å². The van der Waals surface area contributed by atoms with Crippen molar-refractivity contribution in [3.05, 3.63) is 52.2 Å². The molecule has 0 fully saturated rings. The molecule has 2 aromatic rings. The summed E-state index contributed by atoms with van der Waals surface area (Å²) in [5, 5.41) is 29.2. The molecule has 0 radical (unpaired) electrons. The standard InChI is InChI=1S/C12H7N3O3S/c13-6-8-4-11(15(17)18)12(14-7-8)19-10-3-1-2-9(16)5-10/h1-5,7,16H. The van der Waals surface area contributed by atoms with Crippen LogP contribution in [0.1, 0.15) is 5.56 Å². The Morgan fingerprint density at radius 2 is 2.21 bits per heavy atom. The highest BCUT2D eigenvalue weighted by Crippen LogP contribution is 2.34. The van der Waals surface area contributed by atoms with E-state index in [-0.39, 0.29) is 22.0 Å². The van der Waals surface area contributed by atoms with Crippen LogP contribution in [0.4, 0.5) is 5.69 Å². The third-order valence-corrected chi connectivity index (χ3v) is 3.19. The van der Waals surface area contributed by atoms with Crippen LogP contribution in [-0.4, -0.2) is 15.0 Å². The fourth-order valence-corrected chi connectivity index (χ4v) is 2.26. The van der Waals surface area contributed by atoms with Crippen molar-refractivity contribution >= 4 is 17.4 Å². The van der Waals surface area contributed by atoms with Crippen molar-refractivity contribution in [2.75, 3.05) is 0 Å². The largest absolute Gasteiger partial charge is 0.508 e. The highest BCUT2D eigenvalue weighted by Gasteiger charge is 2.17. The number of nitriles is 1. The van der Waals surface area contributed by atoms with Gasteiger partial charge in [0.25, 0.3) is 0 Å². The molecule has 0 aliphatic rings. The van der Waals surface area contributed by atoms with Crippen LogP contribution < -0.4 is 0 Å². The van der Waals surface area contributed by atoms with Gasteiger partial charge in [-0.1, -0.05) is 17.8 Å². The van der Waals surface area contributed by atoms with Gasteiger partial charge in [0, 0.05) is 17.2 Å². The summed E-state index contributed by atoms with van der Waals surface area (Å²) in [6.45, 7) is 0. The number of hydrogen-bond acceptors (Lipinski definition) is 6. The number of benzene rings is 1. The topological polar surface area (TPSA) is 100 Å². The first-order valence-corrected chi connectivity index (χ1v) is 5.93. The highest BCUT2D eigenvalue weighted by atomic mass is 32.2. The number of nitrogens with zero attached hydrogens (tertiary/aromatic N) is 3. The number of aromatic hydroxyl groups is 1. The summed E-state index contributed by atoms with van der Waals surface area (Å²) in [7, 11) is 0. The summed E-state index contributed by atoms with van der Waals surface area (Å²) >= 11 is 1.05. The van der Waals surface area contributed by atoms with E-state index in [0.717, 1.165) is 11.8 Å². The van der Waals surface area contributed by atoms with Crippen LogP contribution in [0.2, 0.25) is 0 Å². The van der Waals surface area contributed by atoms with Gasteiger partial charge >= 0.3 is 5.69 Å². The first kappa shape index (κ1) is 12.9. The molecular weight excluding hydrogens is 266 g/mol. The minimum atomic E-state index is -0.584. The van der Waals surface area contributed by atoms with E-state index in [1.807, 2.05) is 0 Å². The predicted octanol–water partition coefficient (Wildman–Crippen LogP) is 2.72. The van der Waals surface area contributed by atoms with E-state index >= 15 is 0 Å². The molecule has 1 aromatic heterocycles. The van der Waals surface area contributed by atoms with Crippen LogP contribution >= 0.6 is 11.8 Å². The fourth-order valence-electron chi connectivity index (χ4n) is 1.37. The molecule has 2 rings (SSSR count). The van der Waals surface area contributed by atoms with Crippen molar-refractivity contribution in [3.63, 3.8) is 0 Å². The number of nitro groups is 1. The van der Waals surface area contributed by atoms with Crippen molar-refractivity contribution in [1.29, 1.82) is 5.26 Å². The van der Waals surface area contributed by atoms with E-state index in [1.165, 1.54) is 24.4 Å². The van der Waals surface area contributed by atoms with Crippen molar-refractivity contribution in [2.45, 2.75) is 9.92 Å². The minimum absolute atomic E-state index is 0.0706. The molecule has 94 valence electrons. The van der Waals surface area contributed by atoms with Crippen molar-refractivity contribution in [1.82, 2.24) is 4.98 Å². The second-order valence-electron chi connectivity index (χ2n) is 3.52. The highest BCUT2D eigenvalue weighted by molar-refractivity contribution is 7.99. The van der Waals surface area contributed by atoms with E-state index < -0.39 is 4.92 Å². The van der Waals surface area contributed by atoms with Gasteiger partial charge in [-0.05, 0) is 18.2 Å². The van der Waals surface area contributed by atoms with Crippen LogP contribution in [0, 0.1) is 21.4 Å². The molecule has 0 aliphatic heterocycles. The first-order valence-electron chi connectivity index (χ1n) is 5.11. The summed E-state index contributed by atoms with van der Waals surface area (Å²) in [5.74, 6) is 0.0706. The second-order valence-corrected chi connectivity index (χ2v) is 4.58. The Bertz CT molecular complexity index is 682. The average Bonchev–Trinajstić information content (AvgIpc) is 2.39. The molecule has 0 bridgehead atoms. The van der Waals surface area contributed by atoms with Crippen molar-refractivity contribution < 1.29 is 10.0 Å². The van der Waals surface area contributed by atoms with E-state index in [9.17, 15) is 15.2 Å². The summed E-state index contributed by atoms with van der Waals surface area (Å²) in [4.78, 5) is 14.9. The van der Waals surface area contributed by atoms with Gasteiger partial charge in [-0.3, -0.25) is 10.1 Å². The van der Waals surface area contributed by atoms with Gasteiger partial charge in [0.05, 0.1) is 10.5 Å². The Kier molecular flexibility index (Phi) is 3.63. The number of rotatable bonds is 3. The number of pyridine rings is 1. The molecule has 1 N–H and O–H groups in total. The Balaban J connectivity index is 2.40. The number of phenolic OH excluding ortho intramolecular Hbond substituents is 1. The van der Waals surface area contributed by atoms with Crippen LogP contribution in [0.5, 0.6) is 5.75 Å². The summed E-state index contributed by atoms with van der Waals surface area (Å²) in [6, 6.07) is 9.30. The molecule has 0 amide bonds. The van der Waals surface area contributed by atoms with E-state index in [2.05, 4.69) is 4.98 Å². The average molecular weight is 273 g/mol. The maximum atomic E-state index is 10.9. The fraction of sp³-hybridized carbons (Fsp3) is 0. The Labute approximate surface area is 112 Å². The van der Waals surface area contributed by atoms with Crippen molar-refractivity contribution in [2.24, 2.45) is 0 Å². The summed E-state index contributed by atoms with van der Waals surface area (Å²) in [5.41, 5.74) is -0.0978. The summed E-state index contributed by atoms with van der Waals surface area (Å²) < 4.78 is 0. The number of hydrogen-bond donors (Lipinski definition) is 1. The summed E-state index contributed by atoms with van der Waals surface area (Å²) in [6.07, 6.45) is 1.28. The lowest BCUT2D eigenvalue weighted by Gasteiger charge is -2.02. The third-order valence-electron chi connectivity index (χ3n) is 2.19. The molecule has 6 nitrogen and oxygen atoms in total. The van der Waals surface area contributed by atoms with Crippen LogP contribution in [0.3, 0.4) is 0 Å². The molecule has 1 heterocycles. The molecule has 0 spiro atoms. The lowest BCUT2D eigenvalue weighted by molar-refractivity contribution is -0.388. The number of aromatic nitrogens is 1. The van der Waals surface area contributed by atoms with Gasteiger partial charge < -0.3 is 5.11 Å². The zero-order valence-electron chi connectivity index (χ0n) is 9.48. The molecule has 19 heavy (non-hydrogen) atoms. The van der Waals surface area contributed by atoms with Gasteiger partial charge in [-0.25, -0.2) is 4.98 Å². The van der Waals surface area contributed by atoms with Gasteiger partial charge in [-0.2, -0.15) is 5.26 Å². The predicted molar refractivity (Wildman–Crippen MR) is 67.8 cm³/mol. The van der Waals surface area contributed by atoms with Gasteiger partial charge in [-0.15, -0.1) is 0 Å². The zero-order valence-corrected chi connectivity index (χ0v) is 10.3. The quantitative estimate of drug-likeness (QED) is 0.681. The van der Waals surface area contributed by atoms with Gasteiger partial charge in [0.1, 0.15) is 11.8 Å². The molecule has 0 saturated carbocycles. The molecule has 7 heteroatoms. The maximum absolute atomic E-state index is 10.9. The number of phenols is 1. The maximum Gasteiger partial charge on any atom is 0.303 e. The zero-order chi connectivity index (χ0) is 13.8. The normalized spacial score (nSPS) is 9.84. The van der Waals surface area contributed by atoms with Crippen LogP contribution in [-0.2, 0) is 0 Å². The van der Waals surface area contributed by atoms with Crippen LogP contribution in [0.25, 0.3) is 0 Å². The van der Waals surface area contributed by atoms with Crippen molar-refractivity contribution in [3.8, 4) is 11.8 Å². The van der Waals surface area contributed by atoms with Gasteiger partial charge in [0.15, 0.2) is 5.03 Å². The smallest absolute Gasteiger partial charge is 0.303 e. The molecule has 0 saturated heterocycles. The SMILES string of the molecule is N#Cc1cnc(Sc2cccc(O)c2)c([N+](=O)[O-])c1. The van der Waals surface area contributed by atoms with E-state index in [4.69, 9.17) is 5.26 Å². The molecular formula is C12H7N3O3S. The molecule has 1 aromatic carbocycles.